The van der Waals surface area contributed by atoms with Crippen molar-refractivity contribution in [3.8, 4) is 0 Å². The summed E-state index contributed by atoms with van der Waals surface area (Å²) in [5.74, 6) is -0.930. The third kappa shape index (κ3) is 3.43. The van der Waals surface area contributed by atoms with Gasteiger partial charge in [-0.2, -0.15) is 5.23 Å². The van der Waals surface area contributed by atoms with Gasteiger partial charge >= 0.3 is 0 Å². The topological polar surface area (TPSA) is 131 Å². The van der Waals surface area contributed by atoms with Crippen molar-refractivity contribution in [1.82, 2.24) is 9.97 Å². The van der Waals surface area contributed by atoms with Crippen LogP contribution >= 0.6 is 11.6 Å². The highest BCUT2D eigenvalue weighted by atomic mass is 35.5. The normalized spacial score (nSPS) is 13.6. The Morgan fingerprint density at radius 3 is 2.76 bits per heavy atom. The first-order valence-corrected chi connectivity index (χ1v) is 7.50. The fraction of sp³-hybridized carbons (Fsp3) is 0.0625. The molecule has 0 fully saturated rings. The Kier molecular flexibility index (Phi) is 4.62. The van der Waals surface area contributed by atoms with E-state index in [2.05, 4.69) is 9.97 Å². The minimum Gasteiger partial charge on any atom is -0.595 e. The molecule has 0 saturated carbocycles. The van der Waals surface area contributed by atoms with Crippen LogP contribution in [0.5, 0.6) is 0 Å². The molecule has 1 heterocycles. The molecule has 0 amide bonds. The Morgan fingerprint density at radius 1 is 1.28 bits per heavy atom. The quantitative estimate of drug-likeness (QED) is 0.403. The number of aliphatic hydroxyl groups excluding tert-OH is 1. The molecule has 9 heteroatoms. The van der Waals surface area contributed by atoms with Crippen LogP contribution in [0, 0.1) is 5.21 Å². The number of aromatic nitrogens is 2. The van der Waals surface area contributed by atoms with Gasteiger partial charge in [-0.25, -0.2) is 10.2 Å². The summed E-state index contributed by atoms with van der Waals surface area (Å²) in [5.41, 5.74) is -0.576. The Morgan fingerprint density at radius 2 is 2.04 bits per heavy atom. The lowest BCUT2D eigenvalue weighted by molar-refractivity contribution is -0.991. The van der Waals surface area contributed by atoms with E-state index in [0.29, 0.717) is 16.1 Å². The van der Waals surface area contributed by atoms with Gasteiger partial charge in [0.1, 0.15) is 6.10 Å². The number of aromatic amines is 1. The Bertz CT molecular complexity index is 1020. The summed E-state index contributed by atoms with van der Waals surface area (Å²) in [7, 11) is 0. The first-order valence-electron chi connectivity index (χ1n) is 7.12. The number of Topliss-reactive ketones (excluding diaryl/α,β-unsaturated/α-hetero) is 1. The molecule has 3 rings (SSSR count). The number of carbonyl (C=O) groups is 1. The minimum absolute atomic E-state index is 0.0577. The summed E-state index contributed by atoms with van der Waals surface area (Å²) in [5, 5.41) is 29.4. The monoisotopic (exact) mass is 361 g/mol. The molecule has 0 aliphatic heterocycles. The summed E-state index contributed by atoms with van der Waals surface area (Å²) in [4.78, 5) is 31.0. The highest BCUT2D eigenvalue weighted by Gasteiger charge is 2.24. The molecule has 1 aromatic heterocycles. The Balaban J connectivity index is 2.01. The summed E-state index contributed by atoms with van der Waals surface area (Å²) in [6.45, 7) is 0. The summed E-state index contributed by atoms with van der Waals surface area (Å²) in [6, 6.07) is 9.86. The van der Waals surface area contributed by atoms with Crippen molar-refractivity contribution in [1.29, 1.82) is 0 Å². The van der Waals surface area contributed by atoms with Crippen LogP contribution < -0.4 is 10.8 Å². The molecule has 0 radical (unpaired) electrons. The number of nitrogens with one attached hydrogen (secondary N) is 2. The van der Waals surface area contributed by atoms with Crippen LogP contribution in [0.25, 0.3) is 11.0 Å². The van der Waals surface area contributed by atoms with Crippen molar-refractivity contribution < 1.29 is 20.3 Å². The minimum atomic E-state index is -1.71. The van der Waals surface area contributed by atoms with E-state index < -0.39 is 28.4 Å². The van der Waals surface area contributed by atoms with E-state index >= 15 is 0 Å². The maximum absolute atomic E-state index is 12.5. The van der Waals surface area contributed by atoms with Gasteiger partial charge in [-0.1, -0.05) is 23.7 Å². The van der Waals surface area contributed by atoms with Gasteiger partial charge in [-0.15, -0.1) is 0 Å². The SMILES string of the molecule is O=C(c1nc2ccc(Cl)cc2[nH]c1=O)C(O)c1cccc([NH+]([O-])O)c1. The standard InChI is InChI=1S/C16H12ClN3O5/c17-9-4-5-11-12(7-9)19-16(23)13(18-11)15(22)14(21)8-2-1-3-10(6-8)20(24)25/h1-7,14,20-21,24H,(H,19,23). The lowest BCUT2D eigenvalue weighted by atomic mass is 10.0. The second-order valence-corrected chi connectivity index (χ2v) is 5.71. The van der Waals surface area contributed by atoms with Gasteiger partial charge in [0.05, 0.1) is 11.0 Å². The van der Waals surface area contributed by atoms with Gasteiger partial charge in [0.25, 0.3) is 5.56 Å². The predicted octanol–water partition coefficient (Wildman–Crippen LogP) is 0.896. The zero-order chi connectivity index (χ0) is 18.1. The zero-order valence-corrected chi connectivity index (χ0v) is 13.3. The molecule has 0 saturated heterocycles. The number of fused-ring (bicyclic) bond motifs is 1. The van der Waals surface area contributed by atoms with Crippen molar-refractivity contribution in [3.63, 3.8) is 0 Å². The van der Waals surface area contributed by atoms with Crippen LogP contribution in [-0.2, 0) is 0 Å². The van der Waals surface area contributed by atoms with Crippen LogP contribution in [-0.4, -0.2) is 26.1 Å². The molecule has 4 N–H and O–H groups in total. The average Bonchev–Trinajstić information content (AvgIpc) is 2.60. The van der Waals surface area contributed by atoms with Crippen molar-refractivity contribution in [3.05, 3.63) is 74.3 Å². The molecular formula is C16H12ClN3O5. The van der Waals surface area contributed by atoms with Crippen LogP contribution in [0.4, 0.5) is 5.69 Å². The molecule has 2 unspecified atom stereocenters. The first-order chi connectivity index (χ1) is 11.9. The largest absolute Gasteiger partial charge is 0.595 e. The third-order valence-corrected chi connectivity index (χ3v) is 3.82. The molecule has 8 nitrogen and oxygen atoms in total. The molecule has 0 aliphatic carbocycles. The average molecular weight is 362 g/mol. The van der Waals surface area contributed by atoms with Gasteiger partial charge in [0.2, 0.25) is 5.78 Å². The lowest BCUT2D eigenvalue weighted by Crippen LogP contribution is -2.99. The maximum Gasteiger partial charge on any atom is 0.278 e. The van der Waals surface area contributed by atoms with E-state index in [4.69, 9.17) is 16.8 Å². The van der Waals surface area contributed by atoms with Gasteiger partial charge in [0, 0.05) is 17.2 Å². The molecule has 0 bridgehead atoms. The van der Waals surface area contributed by atoms with E-state index in [1.807, 2.05) is 0 Å². The van der Waals surface area contributed by atoms with Gasteiger partial charge in [0.15, 0.2) is 11.4 Å². The fourth-order valence-corrected chi connectivity index (χ4v) is 2.52. The zero-order valence-electron chi connectivity index (χ0n) is 12.6. The summed E-state index contributed by atoms with van der Waals surface area (Å²) < 4.78 is 0. The van der Waals surface area contributed by atoms with Crippen molar-refractivity contribution in [2.75, 3.05) is 0 Å². The van der Waals surface area contributed by atoms with Crippen LogP contribution in [0.1, 0.15) is 22.2 Å². The molecule has 0 spiro atoms. The van der Waals surface area contributed by atoms with Crippen LogP contribution in [0.15, 0.2) is 47.3 Å². The van der Waals surface area contributed by atoms with Gasteiger partial charge in [-0.05, 0) is 23.8 Å². The van der Waals surface area contributed by atoms with Crippen LogP contribution in [0.3, 0.4) is 0 Å². The number of H-pyrrole nitrogens is 1. The predicted molar refractivity (Wildman–Crippen MR) is 88.9 cm³/mol. The molecule has 25 heavy (non-hydrogen) atoms. The van der Waals surface area contributed by atoms with E-state index in [9.17, 15) is 19.9 Å². The number of quaternary nitrogens is 1. The first kappa shape index (κ1) is 17.2. The Labute approximate surface area is 145 Å². The highest BCUT2D eigenvalue weighted by molar-refractivity contribution is 6.31. The second-order valence-electron chi connectivity index (χ2n) is 5.27. The summed E-state index contributed by atoms with van der Waals surface area (Å²) in [6.07, 6.45) is -1.71. The number of halogens is 1. The van der Waals surface area contributed by atoms with E-state index in [1.165, 1.54) is 36.4 Å². The van der Waals surface area contributed by atoms with Gasteiger partial charge in [-0.3, -0.25) is 9.59 Å². The fourth-order valence-electron chi connectivity index (χ4n) is 2.35. The Hall–Kier alpha value is -2.62. The molecule has 2 atom stereocenters. The molecule has 0 aliphatic rings. The molecule has 3 aromatic rings. The number of nitrogens with zero attached hydrogens (tertiary/aromatic N) is 1. The molecule has 128 valence electrons. The molecular weight excluding hydrogens is 350 g/mol. The number of benzene rings is 2. The van der Waals surface area contributed by atoms with E-state index in [-0.39, 0.29) is 11.3 Å². The maximum atomic E-state index is 12.5. The highest BCUT2D eigenvalue weighted by Crippen LogP contribution is 2.20. The van der Waals surface area contributed by atoms with Crippen molar-refractivity contribution in [2.45, 2.75) is 6.10 Å². The van der Waals surface area contributed by atoms with Crippen molar-refractivity contribution in [2.24, 2.45) is 0 Å². The number of ketones is 1. The lowest BCUT2D eigenvalue weighted by Gasteiger charge is -2.14. The van der Waals surface area contributed by atoms with E-state index in [1.54, 1.807) is 6.07 Å². The number of hydrogen-bond acceptors (Lipinski definition) is 6. The van der Waals surface area contributed by atoms with Crippen molar-refractivity contribution >= 4 is 34.1 Å². The number of carbonyl (C=O) groups excluding carboxylic acids is 1. The summed E-state index contributed by atoms with van der Waals surface area (Å²) >= 11 is 5.84. The van der Waals surface area contributed by atoms with Crippen LogP contribution in [0.2, 0.25) is 5.02 Å². The number of hydrogen-bond donors (Lipinski definition) is 4. The number of rotatable bonds is 4. The smallest absolute Gasteiger partial charge is 0.278 e. The third-order valence-electron chi connectivity index (χ3n) is 3.59. The second kappa shape index (κ2) is 6.71. The van der Waals surface area contributed by atoms with E-state index in [0.717, 1.165) is 0 Å². The van der Waals surface area contributed by atoms with Gasteiger partial charge < -0.3 is 15.3 Å². The molecule has 2 aromatic carbocycles. The number of aliphatic hydroxyl groups is 1.